The Bertz CT molecular complexity index is 702. The summed E-state index contributed by atoms with van der Waals surface area (Å²) in [6, 6.07) is 8.77. The van der Waals surface area contributed by atoms with Crippen molar-refractivity contribution in [3.8, 4) is 11.5 Å². The Hall–Kier alpha value is -2.96. The number of non-ortho nitro benzene ring substituents is 1. The van der Waals surface area contributed by atoms with Gasteiger partial charge in [-0.2, -0.15) is 0 Å². The fourth-order valence-corrected chi connectivity index (χ4v) is 1.65. The molecule has 0 atom stereocenters. The van der Waals surface area contributed by atoms with Gasteiger partial charge in [0.05, 0.1) is 23.7 Å². The standard InChI is InChI=1S/C14H10FNO5/c1-20-14(17)9-5-11(16(18)19)8-13(6-9)21-12-4-2-3-10(15)7-12/h2-8H,1H3. The van der Waals surface area contributed by atoms with Gasteiger partial charge in [0.2, 0.25) is 0 Å². The first-order chi connectivity index (χ1) is 9.99. The van der Waals surface area contributed by atoms with Crippen molar-refractivity contribution in [1.82, 2.24) is 0 Å². The van der Waals surface area contributed by atoms with E-state index in [0.717, 1.165) is 25.3 Å². The van der Waals surface area contributed by atoms with Crippen LogP contribution in [0.25, 0.3) is 0 Å². The highest BCUT2D eigenvalue weighted by molar-refractivity contribution is 5.90. The van der Waals surface area contributed by atoms with E-state index in [0.29, 0.717) is 0 Å². The smallest absolute Gasteiger partial charge is 0.338 e. The van der Waals surface area contributed by atoms with Gasteiger partial charge in [-0.15, -0.1) is 0 Å². The van der Waals surface area contributed by atoms with Crippen molar-refractivity contribution >= 4 is 11.7 Å². The van der Waals surface area contributed by atoms with Crippen molar-refractivity contribution in [3.63, 3.8) is 0 Å². The molecular weight excluding hydrogens is 281 g/mol. The summed E-state index contributed by atoms with van der Waals surface area (Å²) in [5, 5.41) is 10.9. The van der Waals surface area contributed by atoms with Crippen molar-refractivity contribution in [1.29, 1.82) is 0 Å². The number of esters is 1. The number of hydrogen-bond acceptors (Lipinski definition) is 5. The highest BCUT2D eigenvalue weighted by atomic mass is 19.1. The molecule has 21 heavy (non-hydrogen) atoms. The lowest BCUT2D eigenvalue weighted by Gasteiger charge is -2.07. The van der Waals surface area contributed by atoms with E-state index in [1.807, 2.05) is 0 Å². The molecule has 0 saturated heterocycles. The van der Waals surface area contributed by atoms with Gasteiger partial charge in [-0.25, -0.2) is 9.18 Å². The summed E-state index contributed by atoms with van der Waals surface area (Å²) in [5.74, 6) is -1.05. The zero-order valence-electron chi connectivity index (χ0n) is 10.9. The molecule has 0 aliphatic carbocycles. The summed E-state index contributed by atoms with van der Waals surface area (Å²) in [4.78, 5) is 21.7. The van der Waals surface area contributed by atoms with E-state index in [9.17, 15) is 19.3 Å². The number of nitro benzene ring substituents is 1. The molecule has 2 aromatic rings. The van der Waals surface area contributed by atoms with E-state index < -0.39 is 16.7 Å². The van der Waals surface area contributed by atoms with E-state index in [1.165, 1.54) is 24.3 Å². The zero-order chi connectivity index (χ0) is 15.4. The largest absolute Gasteiger partial charge is 0.465 e. The van der Waals surface area contributed by atoms with Crippen molar-refractivity contribution < 1.29 is 23.6 Å². The number of halogens is 1. The molecule has 0 spiro atoms. The minimum absolute atomic E-state index is 0.0295. The number of rotatable bonds is 4. The first-order valence-corrected chi connectivity index (χ1v) is 5.81. The summed E-state index contributed by atoms with van der Waals surface area (Å²) in [6.07, 6.45) is 0. The van der Waals surface area contributed by atoms with Gasteiger partial charge in [0.1, 0.15) is 17.3 Å². The summed E-state index contributed by atoms with van der Waals surface area (Å²) in [7, 11) is 1.16. The van der Waals surface area contributed by atoms with Gasteiger partial charge in [-0.1, -0.05) is 6.07 Å². The maximum atomic E-state index is 13.1. The van der Waals surface area contributed by atoms with Crippen LogP contribution in [0, 0.1) is 15.9 Å². The molecule has 7 heteroatoms. The van der Waals surface area contributed by atoms with E-state index in [2.05, 4.69) is 4.74 Å². The van der Waals surface area contributed by atoms with Crippen molar-refractivity contribution in [2.75, 3.05) is 7.11 Å². The molecule has 0 saturated carbocycles. The quantitative estimate of drug-likeness (QED) is 0.490. The van der Waals surface area contributed by atoms with Crippen molar-refractivity contribution in [3.05, 3.63) is 64.0 Å². The second-order valence-electron chi connectivity index (χ2n) is 4.02. The van der Waals surface area contributed by atoms with E-state index >= 15 is 0 Å². The first-order valence-electron chi connectivity index (χ1n) is 5.81. The van der Waals surface area contributed by atoms with Crippen LogP contribution in [0.2, 0.25) is 0 Å². The lowest BCUT2D eigenvalue weighted by Crippen LogP contribution is -2.02. The molecule has 0 aliphatic heterocycles. The van der Waals surface area contributed by atoms with Crippen LogP contribution in [0.3, 0.4) is 0 Å². The molecule has 0 N–H and O–H groups in total. The molecule has 0 heterocycles. The van der Waals surface area contributed by atoms with Crippen LogP contribution in [0.5, 0.6) is 11.5 Å². The summed E-state index contributed by atoms with van der Waals surface area (Å²) < 4.78 is 22.9. The number of methoxy groups -OCH3 is 1. The molecule has 0 aromatic heterocycles. The van der Waals surface area contributed by atoms with Crippen LogP contribution in [0.1, 0.15) is 10.4 Å². The molecule has 0 bridgehead atoms. The Morgan fingerprint density at radius 1 is 1.19 bits per heavy atom. The van der Waals surface area contributed by atoms with Gasteiger partial charge < -0.3 is 9.47 Å². The molecule has 0 aliphatic rings. The SMILES string of the molecule is COC(=O)c1cc(Oc2cccc(F)c2)cc([N+](=O)[O-])c1. The second-order valence-corrected chi connectivity index (χ2v) is 4.02. The van der Waals surface area contributed by atoms with E-state index in [1.54, 1.807) is 0 Å². The molecule has 6 nitrogen and oxygen atoms in total. The number of carbonyl (C=O) groups is 1. The van der Waals surface area contributed by atoms with Gasteiger partial charge in [0, 0.05) is 12.1 Å². The molecule has 2 aromatic carbocycles. The first kappa shape index (κ1) is 14.4. The zero-order valence-corrected chi connectivity index (χ0v) is 10.9. The van der Waals surface area contributed by atoms with Gasteiger partial charge >= 0.3 is 5.97 Å². The van der Waals surface area contributed by atoms with Crippen molar-refractivity contribution in [2.45, 2.75) is 0 Å². The minimum atomic E-state index is -0.734. The van der Waals surface area contributed by atoms with Crippen LogP contribution in [0.15, 0.2) is 42.5 Å². The minimum Gasteiger partial charge on any atom is -0.465 e. The van der Waals surface area contributed by atoms with Gasteiger partial charge in [-0.3, -0.25) is 10.1 Å². The third kappa shape index (κ3) is 3.53. The Morgan fingerprint density at radius 2 is 1.95 bits per heavy atom. The summed E-state index contributed by atoms with van der Waals surface area (Å²) in [6.45, 7) is 0. The molecule has 0 amide bonds. The molecule has 0 unspecified atom stereocenters. The van der Waals surface area contributed by atoms with Gasteiger partial charge in [-0.05, 0) is 18.2 Å². The molecule has 0 fully saturated rings. The Morgan fingerprint density at radius 3 is 2.57 bits per heavy atom. The van der Waals surface area contributed by atoms with Crippen molar-refractivity contribution in [2.24, 2.45) is 0 Å². The summed E-state index contributed by atoms with van der Waals surface area (Å²) in [5.41, 5.74) is -0.359. The third-order valence-electron chi connectivity index (χ3n) is 2.55. The number of ether oxygens (including phenoxy) is 2. The normalized spacial score (nSPS) is 10.0. The second kappa shape index (κ2) is 6.00. The number of benzene rings is 2. The Kier molecular flexibility index (Phi) is 4.13. The Balaban J connectivity index is 2.40. The average molecular weight is 291 g/mol. The van der Waals surface area contributed by atoms with Crippen LogP contribution >= 0.6 is 0 Å². The van der Waals surface area contributed by atoms with Crippen LogP contribution in [-0.4, -0.2) is 18.0 Å². The topological polar surface area (TPSA) is 78.7 Å². The highest BCUT2D eigenvalue weighted by Gasteiger charge is 2.16. The lowest BCUT2D eigenvalue weighted by molar-refractivity contribution is -0.384. The predicted octanol–water partition coefficient (Wildman–Crippen LogP) is 3.31. The van der Waals surface area contributed by atoms with Gasteiger partial charge in [0.15, 0.2) is 0 Å². The van der Waals surface area contributed by atoms with E-state index in [4.69, 9.17) is 4.74 Å². The molecular formula is C14H10FNO5. The Labute approximate surface area is 118 Å². The third-order valence-corrected chi connectivity index (χ3v) is 2.55. The molecule has 108 valence electrons. The maximum absolute atomic E-state index is 13.1. The van der Waals surface area contributed by atoms with Crippen LogP contribution in [-0.2, 0) is 4.74 Å². The fraction of sp³-hybridized carbons (Fsp3) is 0.0714. The number of hydrogen-bond donors (Lipinski definition) is 0. The highest BCUT2D eigenvalue weighted by Crippen LogP contribution is 2.28. The molecule has 0 radical (unpaired) electrons. The number of nitro groups is 1. The van der Waals surface area contributed by atoms with Crippen LogP contribution in [0.4, 0.5) is 10.1 Å². The summed E-state index contributed by atoms with van der Waals surface area (Å²) >= 11 is 0. The maximum Gasteiger partial charge on any atom is 0.338 e. The van der Waals surface area contributed by atoms with E-state index in [-0.39, 0.29) is 22.7 Å². The number of carbonyl (C=O) groups excluding carboxylic acids is 1. The average Bonchev–Trinajstić information content (AvgIpc) is 2.46. The number of nitrogens with zero attached hydrogens (tertiary/aromatic N) is 1. The predicted molar refractivity (Wildman–Crippen MR) is 70.9 cm³/mol. The molecule has 2 rings (SSSR count). The fourth-order valence-electron chi connectivity index (χ4n) is 1.65. The van der Waals surface area contributed by atoms with Gasteiger partial charge in [0.25, 0.3) is 5.69 Å². The van der Waals surface area contributed by atoms with Crippen LogP contribution < -0.4 is 4.74 Å². The monoisotopic (exact) mass is 291 g/mol. The lowest BCUT2D eigenvalue weighted by atomic mass is 10.2.